The summed E-state index contributed by atoms with van der Waals surface area (Å²) in [4.78, 5) is 0. The fourth-order valence-electron chi connectivity index (χ4n) is 2.43. The summed E-state index contributed by atoms with van der Waals surface area (Å²) in [5, 5.41) is 0. The van der Waals surface area contributed by atoms with E-state index in [9.17, 15) is 17.6 Å². The van der Waals surface area contributed by atoms with E-state index < -0.39 is 34.4 Å². The second kappa shape index (κ2) is 6.69. The maximum Gasteiger partial charge on any atom is 0.195 e. The number of benzene rings is 3. The van der Waals surface area contributed by atoms with Crippen LogP contribution in [-0.4, -0.2) is 0 Å². The van der Waals surface area contributed by atoms with Crippen LogP contribution in [0.4, 0.5) is 17.6 Å². The van der Waals surface area contributed by atoms with Crippen LogP contribution < -0.4 is 0 Å². The van der Waals surface area contributed by atoms with E-state index in [1.807, 2.05) is 0 Å². The van der Waals surface area contributed by atoms with E-state index in [2.05, 4.69) is 31.9 Å². The molecular weight excluding hydrogens is 452 g/mol. The van der Waals surface area contributed by atoms with E-state index in [0.29, 0.717) is 8.95 Å². The molecule has 0 amide bonds. The number of hydrogen-bond donors (Lipinski definition) is 0. The van der Waals surface area contributed by atoms with Crippen LogP contribution in [0.5, 0.6) is 0 Å². The third-order valence-corrected chi connectivity index (χ3v) is 4.48. The summed E-state index contributed by atoms with van der Waals surface area (Å²) < 4.78 is 58.6. The monoisotopic (exact) mass is 458 g/mol. The molecule has 0 heterocycles. The summed E-state index contributed by atoms with van der Waals surface area (Å²) >= 11 is 6.39. The Kier molecular flexibility index (Phi) is 4.78. The summed E-state index contributed by atoms with van der Waals surface area (Å²) in [6.07, 6.45) is 0. The van der Waals surface area contributed by atoms with E-state index >= 15 is 0 Å². The van der Waals surface area contributed by atoms with Crippen molar-refractivity contribution in [3.63, 3.8) is 0 Å². The fourth-order valence-corrected chi connectivity index (χ4v) is 3.23. The average molecular weight is 460 g/mol. The first-order chi connectivity index (χ1) is 11.4. The summed E-state index contributed by atoms with van der Waals surface area (Å²) in [6, 6.07) is 12.1. The van der Waals surface area contributed by atoms with Gasteiger partial charge in [0.2, 0.25) is 0 Å². The zero-order chi connectivity index (χ0) is 17.4. The molecule has 3 aromatic carbocycles. The minimum atomic E-state index is -1.71. The van der Waals surface area contributed by atoms with Crippen molar-refractivity contribution in [1.82, 2.24) is 0 Å². The Labute approximate surface area is 152 Å². The second-order valence-electron chi connectivity index (χ2n) is 5.03. The van der Waals surface area contributed by atoms with Crippen LogP contribution in [0.15, 0.2) is 57.5 Å². The normalized spacial score (nSPS) is 10.9. The van der Waals surface area contributed by atoms with E-state index in [-0.39, 0.29) is 11.1 Å². The predicted molar refractivity (Wildman–Crippen MR) is 92.5 cm³/mol. The first-order valence-corrected chi connectivity index (χ1v) is 8.36. The predicted octanol–water partition coefficient (Wildman–Crippen LogP) is 7.10. The maximum atomic E-state index is 14.9. The van der Waals surface area contributed by atoms with E-state index in [0.717, 1.165) is 0 Å². The van der Waals surface area contributed by atoms with Gasteiger partial charge in [0.15, 0.2) is 17.5 Å². The number of hydrogen-bond acceptors (Lipinski definition) is 0. The first-order valence-electron chi connectivity index (χ1n) is 6.78. The van der Waals surface area contributed by atoms with Gasteiger partial charge in [-0.05, 0) is 35.4 Å². The van der Waals surface area contributed by atoms with Crippen LogP contribution in [0.3, 0.4) is 0 Å². The summed E-state index contributed by atoms with van der Waals surface area (Å²) in [7, 11) is 0. The highest BCUT2D eigenvalue weighted by molar-refractivity contribution is 9.10. The molecule has 3 aromatic rings. The zero-order valence-electron chi connectivity index (χ0n) is 11.9. The molecule has 0 unspecified atom stereocenters. The fraction of sp³-hybridized carbons (Fsp3) is 0. The van der Waals surface area contributed by atoms with E-state index in [1.165, 1.54) is 24.3 Å². The van der Waals surface area contributed by atoms with Gasteiger partial charge in [0.25, 0.3) is 0 Å². The maximum absolute atomic E-state index is 14.9. The van der Waals surface area contributed by atoms with Crippen molar-refractivity contribution in [3.05, 3.63) is 80.7 Å². The lowest BCUT2D eigenvalue weighted by atomic mass is 9.96. The molecule has 0 fully saturated rings. The topological polar surface area (TPSA) is 0 Å². The zero-order valence-corrected chi connectivity index (χ0v) is 15.1. The average Bonchev–Trinajstić information content (AvgIpc) is 2.53. The van der Waals surface area contributed by atoms with E-state index in [4.69, 9.17) is 0 Å². The van der Waals surface area contributed by atoms with Gasteiger partial charge in [-0.15, -0.1) is 0 Å². The molecule has 122 valence electrons. The molecule has 6 heteroatoms. The molecule has 0 N–H and O–H groups in total. The molecule has 0 aliphatic rings. The van der Waals surface area contributed by atoms with Crippen molar-refractivity contribution < 1.29 is 17.6 Å². The Morgan fingerprint density at radius 2 is 0.958 bits per heavy atom. The minimum absolute atomic E-state index is 0.106. The van der Waals surface area contributed by atoms with Gasteiger partial charge in [-0.1, -0.05) is 56.1 Å². The smallest absolute Gasteiger partial charge is 0.195 e. The number of rotatable bonds is 2. The van der Waals surface area contributed by atoms with Crippen molar-refractivity contribution >= 4 is 31.9 Å². The Bertz CT molecular complexity index is 866. The molecule has 0 saturated heterocycles. The van der Waals surface area contributed by atoms with Crippen LogP contribution in [0, 0.1) is 23.3 Å². The summed E-state index contributed by atoms with van der Waals surface area (Å²) in [5.74, 6) is -5.97. The van der Waals surface area contributed by atoms with Crippen LogP contribution in [0.2, 0.25) is 0 Å². The van der Waals surface area contributed by atoms with Crippen LogP contribution in [0.1, 0.15) is 0 Å². The van der Waals surface area contributed by atoms with Gasteiger partial charge < -0.3 is 0 Å². The van der Waals surface area contributed by atoms with Crippen LogP contribution >= 0.6 is 31.9 Å². The van der Waals surface area contributed by atoms with Crippen molar-refractivity contribution in [1.29, 1.82) is 0 Å². The third kappa shape index (κ3) is 3.00. The molecule has 0 spiro atoms. The lowest BCUT2D eigenvalue weighted by Crippen LogP contribution is -2.03. The Balaban J connectivity index is 2.36. The molecule has 0 aliphatic carbocycles. The lowest BCUT2D eigenvalue weighted by Gasteiger charge is -2.13. The molecule has 0 atom stereocenters. The lowest BCUT2D eigenvalue weighted by molar-refractivity contribution is 0.440. The van der Waals surface area contributed by atoms with Gasteiger partial charge in [0, 0.05) is 8.95 Å². The molecule has 0 bridgehead atoms. The van der Waals surface area contributed by atoms with Gasteiger partial charge in [0.1, 0.15) is 5.82 Å². The van der Waals surface area contributed by atoms with Gasteiger partial charge >= 0.3 is 0 Å². The Hall–Kier alpha value is -1.66. The second-order valence-corrected chi connectivity index (χ2v) is 6.86. The van der Waals surface area contributed by atoms with Crippen molar-refractivity contribution in [2.24, 2.45) is 0 Å². The van der Waals surface area contributed by atoms with Crippen molar-refractivity contribution in [2.75, 3.05) is 0 Å². The first kappa shape index (κ1) is 17.2. The molecule has 0 aromatic heterocycles. The standard InChI is InChI=1S/C18H8Br2F4/c19-11-5-1-3-9(7-11)13-15(21)14(17(23)18(24)16(13)22)10-4-2-6-12(20)8-10/h1-8H. The highest BCUT2D eigenvalue weighted by atomic mass is 79.9. The van der Waals surface area contributed by atoms with Gasteiger partial charge in [0.05, 0.1) is 11.1 Å². The molecule has 0 radical (unpaired) electrons. The molecule has 0 saturated carbocycles. The van der Waals surface area contributed by atoms with Gasteiger partial charge in [-0.3, -0.25) is 0 Å². The number of halogens is 6. The van der Waals surface area contributed by atoms with Crippen molar-refractivity contribution in [2.45, 2.75) is 0 Å². The Morgan fingerprint density at radius 1 is 0.542 bits per heavy atom. The summed E-state index contributed by atoms with van der Waals surface area (Å²) in [5.41, 5.74) is -1.00. The van der Waals surface area contributed by atoms with Crippen LogP contribution in [0.25, 0.3) is 22.3 Å². The van der Waals surface area contributed by atoms with Crippen LogP contribution in [-0.2, 0) is 0 Å². The largest absolute Gasteiger partial charge is 0.205 e. The van der Waals surface area contributed by atoms with Crippen molar-refractivity contribution in [3.8, 4) is 22.3 Å². The molecule has 3 rings (SSSR count). The van der Waals surface area contributed by atoms with Gasteiger partial charge in [-0.2, -0.15) is 0 Å². The van der Waals surface area contributed by atoms with Gasteiger partial charge in [-0.25, -0.2) is 17.6 Å². The highest BCUT2D eigenvalue weighted by Crippen LogP contribution is 2.38. The Morgan fingerprint density at radius 3 is 1.33 bits per heavy atom. The SMILES string of the molecule is Fc1c(F)c(-c2cccc(Br)c2)c(F)c(-c2cccc(Br)c2)c1F. The molecule has 24 heavy (non-hydrogen) atoms. The third-order valence-electron chi connectivity index (χ3n) is 3.49. The molecular formula is C18H8Br2F4. The highest BCUT2D eigenvalue weighted by Gasteiger charge is 2.27. The summed E-state index contributed by atoms with van der Waals surface area (Å²) in [6.45, 7) is 0. The van der Waals surface area contributed by atoms with E-state index in [1.54, 1.807) is 24.3 Å². The minimum Gasteiger partial charge on any atom is -0.205 e. The quantitative estimate of drug-likeness (QED) is 0.218. The molecule has 0 aliphatic heterocycles. The molecule has 0 nitrogen and oxygen atoms in total.